The molecule has 2 heteroatoms. The van der Waals surface area contributed by atoms with Crippen molar-refractivity contribution in [3.8, 4) is 0 Å². The zero-order valence-electron chi connectivity index (χ0n) is 7.68. The quantitative estimate of drug-likeness (QED) is 0.617. The van der Waals surface area contributed by atoms with Gasteiger partial charge in [0.2, 0.25) is 0 Å². The third kappa shape index (κ3) is 1.76. The van der Waals surface area contributed by atoms with Crippen molar-refractivity contribution in [1.82, 2.24) is 10.2 Å². The van der Waals surface area contributed by atoms with Crippen LogP contribution in [-0.2, 0) is 0 Å². The fourth-order valence-corrected chi connectivity index (χ4v) is 0.953. The minimum Gasteiger partial charge on any atom is -0.362 e. The molecule has 0 bridgehead atoms. The Bertz CT molecular complexity index is 202. The van der Waals surface area contributed by atoms with Crippen LogP contribution in [-0.4, -0.2) is 11.9 Å². The molecule has 0 aromatic carbocycles. The lowest BCUT2D eigenvalue weighted by atomic mass is 10.1. The predicted molar refractivity (Wildman–Crippen MR) is 47.6 cm³/mol. The minimum atomic E-state index is 0.571. The highest BCUT2D eigenvalue weighted by molar-refractivity contribution is 5.16. The van der Waals surface area contributed by atoms with Crippen molar-refractivity contribution in [2.45, 2.75) is 20.8 Å². The fourth-order valence-electron chi connectivity index (χ4n) is 0.953. The standard InChI is InChI=1S/C9H16N2/c1-7(2)9-6-11(4)8(3)5-10-9/h5-7,10H,1-4H3. The van der Waals surface area contributed by atoms with E-state index in [1.807, 2.05) is 6.20 Å². The predicted octanol–water partition coefficient (Wildman–Crippen LogP) is 1.88. The van der Waals surface area contributed by atoms with Gasteiger partial charge in [-0.3, -0.25) is 0 Å². The van der Waals surface area contributed by atoms with Gasteiger partial charge in [0.25, 0.3) is 0 Å². The first-order valence-corrected chi connectivity index (χ1v) is 3.99. The van der Waals surface area contributed by atoms with Gasteiger partial charge in [0.1, 0.15) is 0 Å². The van der Waals surface area contributed by atoms with Crippen LogP contribution in [0, 0.1) is 5.92 Å². The summed E-state index contributed by atoms with van der Waals surface area (Å²) in [7, 11) is 2.06. The Kier molecular flexibility index (Phi) is 2.22. The van der Waals surface area contributed by atoms with E-state index in [1.54, 1.807) is 0 Å². The van der Waals surface area contributed by atoms with Gasteiger partial charge in [-0.25, -0.2) is 0 Å². The first-order valence-electron chi connectivity index (χ1n) is 3.99. The van der Waals surface area contributed by atoms with Crippen LogP contribution in [0.25, 0.3) is 0 Å². The van der Waals surface area contributed by atoms with Crippen molar-refractivity contribution in [2.75, 3.05) is 7.05 Å². The molecule has 2 nitrogen and oxygen atoms in total. The molecule has 0 spiro atoms. The average molecular weight is 152 g/mol. The molecule has 11 heavy (non-hydrogen) atoms. The molecule has 1 rings (SSSR count). The summed E-state index contributed by atoms with van der Waals surface area (Å²) in [5.74, 6) is 0.571. The zero-order valence-corrected chi connectivity index (χ0v) is 7.68. The van der Waals surface area contributed by atoms with E-state index in [4.69, 9.17) is 0 Å². The molecular formula is C9H16N2. The van der Waals surface area contributed by atoms with Gasteiger partial charge in [0.05, 0.1) is 0 Å². The molecule has 0 amide bonds. The Labute approximate surface area is 68.6 Å². The summed E-state index contributed by atoms with van der Waals surface area (Å²) >= 11 is 0. The molecule has 0 saturated carbocycles. The molecule has 1 heterocycles. The first-order chi connectivity index (χ1) is 5.11. The van der Waals surface area contributed by atoms with Crippen LogP contribution in [0.5, 0.6) is 0 Å². The van der Waals surface area contributed by atoms with Crippen molar-refractivity contribution < 1.29 is 0 Å². The molecule has 1 N–H and O–H groups in total. The Morgan fingerprint density at radius 1 is 1.45 bits per heavy atom. The molecule has 0 aliphatic carbocycles. The van der Waals surface area contributed by atoms with Crippen LogP contribution in [0.3, 0.4) is 0 Å². The largest absolute Gasteiger partial charge is 0.362 e. The van der Waals surface area contributed by atoms with Crippen molar-refractivity contribution in [2.24, 2.45) is 5.92 Å². The topological polar surface area (TPSA) is 15.3 Å². The molecule has 0 fully saturated rings. The number of hydrogen-bond donors (Lipinski definition) is 1. The molecule has 1 aliphatic heterocycles. The maximum absolute atomic E-state index is 3.26. The lowest BCUT2D eigenvalue weighted by Gasteiger charge is -2.24. The van der Waals surface area contributed by atoms with Gasteiger partial charge in [-0.05, 0) is 12.8 Å². The van der Waals surface area contributed by atoms with Crippen molar-refractivity contribution in [3.05, 3.63) is 23.8 Å². The Balaban J connectivity index is 2.69. The lowest BCUT2D eigenvalue weighted by Crippen LogP contribution is -2.23. The molecular weight excluding hydrogens is 136 g/mol. The van der Waals surface area contributed by atoms with Crippen molar-refractivity contribution in [1.29, 1.82) is 0 Å². The van der Waals surface area contributed by atoms with E-state index < -0.39 is 0 Å². The molecule has 0 aromatic rings. The number of allylic oxidation sites excluding steroid dienone is 2. The maximum atomic E-state index is 3.26. The lowest BCUT2D eigenvalue weighted by molar-refractivity contribution is 0.518. The molecule has 62 valence electrons. The van der Waals surface area contributed by atoms with Gasteiger partial charge in [-0.15, -0.1) is 0 Å². The van der Waals surface area contributed by atoms with Gasteiger partial charge in [-0.2, -0.15) is 0 Å². The highest BCUT2D eigenvalue weighted by atomic mass is 15.1. The van der Waals surface area contributed by atoms with Crippen LogP contribution in [0.15, 0.2) is 23.8 Å². The third-order valence-corrected chi connectivity index (χ3v) is 1.96. The second kappa shape index (κ2) is 2.99. The summed E-state index contributed by atoms with van der Waals surface area (Å²) in [5, 5.41) is 3.26. The van der Waals surface area contributed by atoms with E-state index in [2.05, 4.69) is 44.2 Å². The second-order valence-corrected chi connectivity index (χ2v) is 3.28. The van der Waals surface area contributed by atoms with Crippen molar-refractivity contribution >= 4 is 0 Å². The first kappa shape index (κ1) is 8.18. The Morgan fingerprint density at radius 3 is 2.55 bits per heavy atom. The monoisotopic (exact) mass is 152 g/mol. The summed E-state index contributed by atoms with van der Waals surface area (Å²) < 4.78 is 0. The Hall–Kier alpha value is -0.920. The third-order valence-electron chi connectivity index (χ3n) is 1.96. The molecule has 0 radical (unpaired) electrons. The summed E-state index contributed by atoms with van der Waals surface area (Å²) in [6.45, 7) is 6.45. The summed E-state index contributed by atoms with van der Waals surface area (Å²) in [5.41, 5.74) is 2.52. The highest BCUT2D eigenvalue weighted by Gasteiger charge is 2.07. The highest BCUT2D eigenvalue weighted by Crippen LogP contribution is 2.13. The fraction of sp³-hybridized carbons (Fsp3) is 0.556. The van der Waals surface area contributed by atoms with Gasteiger partial charge >= 0.3 is 0 Å². The zero-order chi connectivity index (χ0) is 8.43. The van der Waals surface area contributed by atoms with E-state index in [0.717, 1.165) is 0 Å². The van der Waals surface area contributed by atoms with Gasteiger partial charge < -0.3 is 10.2 Å². The van der Waals surface area contributed by atoms with E-state index >= 15 is 0 Å². The molecule has 0 unspecified atom stereocenters. The summed E-state index contributed by atoms with van der Waals surface area (Å²) in [6.07, 6.45) is 4.18. The number of hydrogen-bond acceptors (Lipinski definition) is 2. The average Bonchev–Trinajstić information content (AvgIpc) is 1.94. The van der Waals surface area contributed by atoms with E-state index in [0.29, 0.717) is 5.92 Å². The Morgan fingerprint density at radius 2 is 2.09 bits per heavy atom. The van der Waals surface area contributed by atoms with Crippen LogP contribution >= 0.6 is 0 Å². The normalized spacial score (nSPS) is 17.7. The molecule has 0 atom stereocenters. The van der Waals surface area contributed by atoms with Gasteiger partial charge in [0, 0.05) is 30.8 Å². The summed E-state index contributed by atoms with van der Waals surface area (Å²) in [4.78, 5) is 2.13. The molecule has 0 saturated heterocycles. The van der Waals surface area contributed by atoms with Gasteiger partial charge in [-0.1, -0.05) is 13.8 Å². The van der Waals surface area contributed by atoms with E-state index in [1.165, 1.54) is 11.4 Å². The maximum Gasteiger partial charge on any atom is 0.0337 e. The number of nitrogens with one attached hydrogen (secondary N) is 1. The van der Waals surface area contributed by atoms with Crippen LogP contribution < -0.4 is 5.32 Å². The van der Waals surface area contributed by atoms with E-state index in [9.17, 15) is 0 Å². The van der Waals surface area contributed by atoms with E-state index in [-0.39, 0.29) is 0 Å². The minimum absolute atomic E-state index is 0.571. The number of rotatable bonds is 1. The number of nitrogens with zero attached hydrogens (tertiary/aromatic N) is 1. The molecule has 0 aromatic heterocycles. The molecule has 1 aliphatic rings. The summed E-state index contributed by atoms with van der Waals surface area (Å²) in [6, 6.07) is 0. The smallest absolute Gasteiger partial charge is 0.0337 e. The van der Waals surface area contributed by atoms with Crippen LogP contribution in [0.1, 0.15) is 20.8 Å². The van der Waals surface area contributed by atoms with Crippen molar-refractivity contribution in [3.63, 3.8) is 0 Å². The second-order valence-electron chi connectivity index (χ2n) is 3.28. The van der Waals surface area contributed by atoms with Gasteiger partial charge in [0.15, 0.2) is 0 Å². The van der Waals surface area contributed by atoms with Crippen LogP contribution in [0.2, 0.25) is 0 Å². The van der Waals surface area contributed by atoms with Crippen LogP contribution in [0.4, 0.5) is 0 Å². The SMILES string of the molecule is CC1=CNC(C(C)C)=CN1C.